The van der Waals surface area contributed by atoms with E-state index in [9.17, 15) is 4.79 Å². The van der Waals surface area contributed by atoms with E-state index in [-0.39, 0.29) is 11.8 Å². The van der Waals surface area contributed by atoms with Crippen LogP contribution in [0.2, 0.25) is 0 Å². The van der Waals surface area contributed by atoms with Gasteiger partial charge in [0.15, 0.2) is 6.10 Å². The molecule has 3 fully saturated rings. The largest absolute Gasteiger partial charge is 0.360 e. The standard InChI is InChI=1S/C16H24N2O2/c17-10-15-11-18(7-8-20-15)16(19)14-6-5-12-3-1-2-4-13(12)9-14/h12-15H,1-9,11H2/t12-,13+,14+,15+/m0/s1. The Morgan fingerprint density at radius 2 is 1.95 bits per heavy atom. The minimum absolute atomic E-state index is 0.201. The molecule has 0 unspecified atom stereocenters. The molecule has 2 aliphatic carbocycles. The summed E-state index contributed by atoms with van der Waals surface area (Å²) in [4.78, 5) is 14.5. The molecule has 0 spiro atoms. The third kappa shape index (κ3) is 2.83. The lowest BCUT2D eigenvalue weighted by atomic mass is 9.67. The normalized spacial score (nSPS) is 37.9. The maximum absolute atomic E-state index is 12.7. The molecule has 110 valence electrons. The molecule has 1 aliphatic heterocycles. The van der Waals surface area contributed by atoms with Gasteiger partial charge in [-0.25, -0.2) is 0 Å². The van der Waals surface area contributed by atoms with E-state index < -0.39 is 6.10 Å². The maximum Gasteiger partial charge on any atom is 0.225 e. The van der Waals surface area contributed by atoms with Gasteiger partial charge in [0.05, 0.1) is 19.2 Å². The quantitative estimate of drug-likeness (QED) is 0.738. The second-order valence-electron chi connectivity index (χ2n) is 6.59. The molecule has 0 aromatic rings. The van der Waals surface area contributed by atoms with Crippen LogP contribution in [-0.2, 0) is 9.53 Å². The Balaban J connectivity index is 1.58. The summed E-state index contributed by atoms with van der Waals surface area (Å²) in [6, 6.07) is 2.12. The minimum atomic E-state index is -0.432. The highest BCUT2D eigenvalue weighted by atomic mass is 16.5. The number of hydrogen-bond donors (Lipinski definition) is 0. The van der Waals surface area contributed by atoms with Gasteiger partial charge in [-0.3, -0.25) is 4.79 Å². The molecule has 4 atom stereocenters. The summed E-state index contributed by atoms with van der Waals surface area (Å²) in [5, 5.41) is 8.94. The molecule has 3 rings (SSSR count). The van der Waals surface area contributed by atoms with Crippen molar-refractivity contribution in [2.45, 2.75) is 51.0 Å². The molecule has 0 aromatic heterocycles. The van der Waals surface area contributed by atoms with E-state index in [1.54, 1.807) is 0 Å². The van der Waals surface area contributed by atoms with Gasteiger partial charge >= 0.3 is 0 Å². The smallest absolute Gasteiger partial charge is 0.225 e. The number of nitrogens with zero attached hydrogens (tertiary/aromatic N) is 2. The van der Waals surface area contributed by atoms with Crippen LogP contribution < -0.4 is 0 Å². The predicted molar refractivity (Wildman–Crippen MR) is 74.7 cm³/mol. The van der Waals surface area contributed by atoms with Crippen LogP contribution in [-0.4, -0.2) is 36.6 Å². The zero-order valence-corrected chi connectivity index (χ0v) is 12.1. The first kappa shape index (κ1) is 13.9. The SMILES string of the molecule is N#C[C@@H]1CN(C(=O)[C@@H]2CC[C@@H]3CCCC[C@@H]3C2)CCO1. The third-order valence-corrected chi connectivity index (χ3v) is 5.41. The lowest BCUT2D eigenvalue weighted by Crippen LogP contribution is -2.48. The van der Waals surface area contributed by atoms with Gasteiger partial charge in [0.2, 0.25) is 5.91 Å². The van der Waals surface area contributed by atoms with Gasteiger partial charge in [0, 0.05) is 12.5 Å². The maximum atomic E-state index is 12.7. The molecule has 1 saturated heterocycles. The predicted octanol–water partition coefficient (Wildman–Crippen LogP) is 2.34. The highest BCUT2D eigenvalue weighted by Crippen LogP contribution is 2.43. The molecule has 0 radical (unpaired) electrons. The van der Waals surface area contributed by atoms with Crippen LogP contribution in [0.5, 0.6) is 0 Å². The van der Waals surface area contributed by atoms with E-state index in [4.69, 9.17) is 10.00 Å². The van der Waals surface area contributed by atoms with Gasteiger partial charge in [-0.05, 0) is 31.1 Å². The molecular formula is C16H24N2O2. The summed E-state index contributed by atoms with van der Waals surface area (Å²) in [6.45, 7) is 1.62. The summed E-state index contributed by atoms with van der Waals surface area (Å²) in [5.41, 5.74) is 0. The first-order chi connectivity index (χ1) is 9.78. The molecule has 4 heteroatoms. The van der Waals surface area contributed by atoms with Gasteiger partial charge < -0.3 is 9.64 Å². The number of carbonyl (C=O) groups excluding carboxylic acids is 1. The Bertz CT molecular complexity index is 404. The Hall–Kier alpha value is -1.08. The summed E-state index contributed by atoms with van der Waals surface area (Å²) in [5.74, 6) is 2.13. The molecule has 2 saturated carbocycles. The van der Waals surface area contributed by atoms with E-state index in [0.717, 1.165) is 24.7 Å². The minimum Gasteiger partial charge on any atom is -0.360 e. The monoisotopic (exact) mass is 276 g/mol. The first-order valence-electron chi connectivity index (χ1n) is 8.08. The number of rotatable bonds is 1. The van der Waals surface area contributed by atoms with Crippen molar-refractivity contribution in [1.29, 1.82) is 5.26 Å². The van der Waals surface area contributed by atoms with Gasteiger partial charge in [-0.15, -0.1) is 0 Å². The Kier molecular flexibility index (Phi) is 4.26. The van der Waals surface area contributed by atoms with Crippen molar-refractivity contribution in [2.24, 2.45) is 17.8 Å². The molecular weight excluding hydrogens is 252 g/mol. The number of ether oxygens (including phenoxy) is 1. The lowest BCUT2D eigenvalue weighted by Gasteiger charge is -2.41. The zero-order chi connectivity index (χ0) is 13.9. The Morgan fingerprint density at radius 3 is 2.75 bits per heavy atom. The van der Waals surface area contributed by atoms with Gasteiger partial charge in [-0.1, -0.05) is 25.7 Å². The lowest BCUT2D eigenvalue weighted by molar-refractivity contribution is -0.143. The van der Waals surface area contributed by atoms with Crippen molar-refractivity contribution in [3.8, 4) is 6.07 Å². The molecule has 3 aliphatic rings. The fourth-order valence-corrected chi connectivity index (χ4v) is 4.28. The zero-order valence-electron chi connectivity index (χ0n) is 12.1. The van der Waals surface area contributed by atoms with Crippen molar-refractivity contribution >= 4 is 5.91 Å². The molecule has 0 aromatic carbocycles. The van der Waals surface area contributed by atoms with Crippen molar-refractivity contribution in [3.63, 3.8) is 0 Å². The van der Waals surface area contributed by atoms with Crippen LogP contribution in [0.4, 0.5) is 0 Å². The van der Waals surface area contributed by atoms with Crippen LogP contribution in [0, 0.1) is 29.1 Å². The van der Waals surface area contributed by atoms with E-state index in [1.807, 2.05) is 4.90 Å². The molecule has 0 N–H and O–H groups in total. The van der Waals surface area contributed by atoms with E-state index in [2.05, 4.69) is 6.07 Å². The Labute approximate surface area is 121 Å². The molecule has 1 heterocycles. The van der Waals surface area contributed by atoms with E-state index in [0.29, 0.717) is 19.7 Å². The molecule has 20 heavy (non-hydrogen) atoms. The Morgan fingerprint density at radius 1 is 1.15 bits per heavy atom. The summed E-state index contributed by atoms with van der Waals surface area (Å²) < 4.78 is 5.33. The number of morpholine rings is 1. The first-order valence-corrected chi connectivity index (χ1v) is 8.08. The van der Waals surface area contributed by atoms with Crippen molar-refractivity contribution in [2.75, 3.05) is 19.7 Å². The fourth-order valence-electron chi connectivity index (χ4n) is 4.28. The summed E-state index contributed by atoms with van der Waals surface area (Å²) >= 11 is 0. The number of nitriles is 1. The van der Waals surface area contributed by atoms with E-state index in [1.165, 1.54) is 32.1 Å². The summed E-state index contributed by atoms with van der Waals surface area (Å²) in [7, 11) is 0. The van der Waals surface area contributed by atoms with Crippen molar-refractivity contribution in [3.05, 3.63) is 0 Å². The highest BCUT2D eigenvalue weighted by molar-refractivity contribution is 5.79. The molecule has 0 bridgehead atoms. The number of amides is 1. The van der Waals surface area contributed by atoms with Crippen LogP contribution in [0.1, 0.15) is 44.9 Å². The second-order valence-corrected chi connectivity index (χ2v) is 6.59. The number of fused-ring (bicyclic) bond motifs is 1. The van der Waals surface area contributed by atoms with Crippen LogP contribution in [0.3, 0.4) is 0 Å². The highest BCUT2D eigenvalue weighted by Gasteiger charge is 2.37. The van der Waals surface area contributed by atoms with Gasteiger partial charge in [-0.2, -0.15) is 5.26 Å². The molecule has 1 amide bonds. The average molecular weight is 276 g/mol. The van der Waals surface area contributed by atoms with Gasteiger partial charge in [0.25, 0.3) is 0 Å². The fraction of sp³-hybridized carbons (Fsp3) is 0.875. The summed E-state index contributed by atoms with van der Waals surface area (Å²) in [6.07, 6.45) is 8.35. The van der Waals surface area contributed by atoms with Gasteiger partial charge in [0.1, 0.15) is 0 Å². The van der Waals surface area contributed by atoms with Crippen LogP contribution >= 0.6 is 0 Å². The van der Waals surface area contributed by atoms with E-state index >= 15 is 0 Å². The second kappa shape index (κ2) is 6.13. The van der Waals surface area contributed by atoms with Crippen molar-refractivity contribution < 1.29 is 9.53 Å². The number of carbonyl (C=O) groups is 1. The topological polar surface area (TPSA) is 53.3 Å². The van der Waals surface area contributed by atoms with Crippen LogP contribution in [0.25, 0.3) is 0 Å². The molecule has 4 nitrogen and oxygen atoms in total. The number of hydrogen-bond acceptors (Lipinski definition) is 3. The third-order valence-electron chi connectivity index (χ3n) is 5.41. The van der Waals surface area contributed by atoms with Crippen molar-refractivity contribution in [1.82, 2.24) is 4.90 Å². The van der Waals surface area contributed by atoms with Crippen LogP contribution in [0.15, 0.2) is 0 Å². The average Bonchev–Trinajstić information content (AvgIpc) is 2.53.